The summed E-state index contributed by atoms with van der Waals surface area (Å²) in [6.45, 7) is 8.20. The number of hydrogen-bond donors (Lipinski definition) is 0. The summed E-state index contributed by atoms with van der Waals surface area (Å²) in [6.07, 6.45) is 1.84. The summed E-state index contributed by atoms with van der Waals surface area (Å²) >= 11 is 1.56. The van der Waals surface area contributed by atoms with Crippen LogP contribution in [0, 0.1) is 27.7 Å². The van der Waals surface area contributed by atoms with Gasteiger partial charge in [-0.05, 0) is 61.4 Å². The standard InChI is InChI=1S/C18H21N5OS/c1-11-6-7-15(8-12(11)2)23-18(20-21-22-23)25-10-16-14(4)17(24-5)13(3)9-19-16/h6-9H,10H2,1-5H3. The van der Waals surface area contributed by atoms with Gasteiger partial charge in [-0.3, -0.25) is 4.98 Å². The molecule has 130 valence electrons. The Hall–Kier alpha value is -2.41. The van der Waals surface area contributed by atoms with Crippen molar-refractivity contribution in [1.82, 2.24) is 25.2 Å². The zero-order chi connectivity index (χ0) is 18.0. The first kappa shape index (κ1) is 17.4. The van der Waals surface area contributed by atoms with Crippen LogP contribution in [0.3, 0.4) is 0 Å². The van der Waals surface area contributed by atoms with Crippen molar-refractivity contribution in [3.05, 3.63) is 52.3 Å². The molecule has 25 heavy (non-hydrogen) atoms. The molecule has 0 saturated heterocycles. The normalized spacial score (nSPS) is 10.9. The molecule has 1 aromatic carbocycles. The summed E-state index contributed by atoms with van der Waals surface area (Å²) in [5, 5.41) is 12.9. The molecule has 2 heterocycles. The number of nitrogens with zero attached hydrogens (tertiary/aromatic N) is 5. The summed E-state index contributed by atoms with van der Waals surface area (Å²) in [5.41, 5.74) is 6.49. The minimum Gasteiger partial charge on any atom is -0.496 e. The van der Waals surface area contributed by atoms with E-state index in [0.717, 1.165) is 33.4 Å². The van der Waals surface area contributed by atoms with Crippen LogP contribution < -0.4 is 4.74 Å². The summed E-state index contributed by atoms with van der Waals surface area (Å²) in [7, 11) is 1.69. The van der Waals surface area contributed by atoms with E-state index in [1.165, 1.54) is 11.1 Å². The highest BCUT2D eigenvalue weighted by molar-refractivity contribution is 7.98. The molecule has 0 atom stereocenters. The van der Waals surface area contributed by atoms with Crippen molar-refractivity contribution >= 4 is 11.8 Å². The number of aryl methyl sites for hydroxylation is 3. The van der Waals surface area contributed by atoms with Crippen molar-refractivity contribution in [2.75, 3.05) is 7.11 Å². The van der Waals surface area contributed by atoms with E-state index in [1.54, 1.807) is 23.6 Å². The number of pyridine rings is 1. The van der Waals surface area contributed by atoms with Crippen LogP contribution in [0.15, 0.2) is 29.6 Å². The second kappa shape index (κ2) is 7.23. The third-order valence-corrected chi connectivity index (χ3v) is 5.19. The average Bonchev–Trinajstić information content (AvgIpc) is 3.06. The van der Waals surface area contributed by atoms with Gasteiger partial charge in [-0.1, -0.05) is 17.8 Å². The first-order chi connectivity index (χ1) is 12.0. The van der Waals surface area contributed by atoms with Crippen LogP contribution in [0.4, 0.5) is 0 Å². The SMILES string of the molecule is COc1c(C)cnc(CSc2nnnn2-c2ccc(C)c(C)c2)c1C. The van der Waals surface area contributed by atoms with Crippen LogP contribution in [0.25, 0.3) is 5.69 Å². The van der Waals surface area contributed by atoms with Crippen LogP contribution in [0.1, 0.15) is 27.9 Å². The van der Waals surface area contributed by atoms with E-state index >= 15 is 0 Å². The Labute approximate surface area is 151 Å². The molecule has 0 aliphatic carbocycles. The average molecular weight is 355 g/mol. The maximum Gasteiger partial charge on any atom is 0.214 e. The molecule has 2 aromatic heterocycles. The molecule has 7 heteroatoms. The number of methoxy groups -OCH3 is 1. The number of ether oxygens (including phenoxy) is 1. The lowest BCUT2D eigenvalue weighted by Crippen LogP contribution is -2.02. The number of rotatable bonds is 5. The fourth-order valence-electron chi connectivity index (χ4n) is 2.64. The van der Waals surface area contributed by atoms with Gasteiger partial charge < -0.3 is 4.74 Å². The van der Waals surface area contributed by atoms with E-state index in [1.807, 2.05) is 26.1 Å². The smallest absolute Gasteiger partial charge is 0.214 e. The van der Waals surface area contributed by atoms with E-state index in [0.29, 0.717) is 5.75 Å². The van der Waals surface area contributed by atoms with Gasteiger partial charge in [0.25, 0.3) is 0 Å². The van der Waals surface area contributed by atoms with Gasteiger partial charge in [-0.25, -0.2) is 0 Å². The molecule has 6 nitrogen and oxygen atoms in total. The molecule has 0 aliphatic rings. The zero-order valence-electron chi connectivity index (χ0n) is 15.1. The Bertz CT molecular complexity index is 906. The summed E-state index contributed by atoms with van der Waals surface area (Å²) in [5.74, 6) is 1.56. The number of benzene rings is 1. The van der Waals surface area contributed by atoms with E-state index < -0.39 is 0 Å². The molecule has 0 radical (unpaired) electrons. The predicted octanol–water partition coefficient (Wildman–Crippen LogP) is 3.59. The molecule has 0 N–H and O–H groups in total. The predicted molar refractivity (Wildman–Crippen MR) is 98.5 cm³/mol. The van der Waals surface area contributed by atoms with Crippen LogP contribution in [0.5, 0.6) is 5.75 Å². The van der Waals surface area contributed by atoms with E-state index in [-0.39, 0.29) is 0 Å². The maximum absolute atomic E-state index is 5.48. The largest absolute Gasteiger partial charge is 0.496 e. The molecule has 3 rings (SSSR count). The topological polar surface area (TPSA) is 65.7 Å². The molecule has 0 aliphatic heterocycles. The van der Waals surface area contributed by atoms with Gasteiger partial charge in [0, 0.05) is 23.1 Å². The van der Waals surface area contributed by atoms with Gasteiger partial charge in [0.1, 0.15) is 5.75 Å². The fourth-order valence-corrected chi connectivity index (χ4v) is 3.55. The fraction of sp³-hybridized carbons (Fsp3) is 0.333. The van der Waals surface area contributed by atoms with Crippen molar-refractivity contribution in [2.24, 2.45) is 0 Å². The minimum absolute atomic E-state index is 0.674. The van der Waals surface area contributed by atoms with Gasteiger partial charge in [0.15, 0.2) is 0 Å². The van der Waals surface area contributed by atoms with Crippen LogP contribution in [-0.2, 0) is 5.75 Å². The lowest BCUT2D eigenvalue weighted by molar-refractivity contribution is 0.407. The Balaban J connectivity index is 1.84. The Morgan fingerprint density at radius 1 is 1.08 bits per heavy atom. The highest BCUT2D eigenvalue weighted by Gasteiger charge is 2.14. The molecule has 0 amide bonds. The second-order valence-corrected chi connectivity index (χ2v) is 6.92. The molecule has 0 unspecified atom stereocenters. The zero-order valence-corrected chi connectivity index (χ0v) is 15.9. The van der Waals surface area contributed by atoms with Gasteiger partial charge >= 0.3 is 0 Å². The Morgan fingerprint density at radius 2 is 1.88 bits per heavy atom. The molecular formula is C18H21N5OS. The van der Waals surface area contributed by atoms with Crippen LogP contribution in [0.2, 0.25) is 0 Å². The maximum atomic E-state index is 5.48. The van der Waals surface area contributed by atoms with Gasteiger partial charge in [-0.2, -0.15) is 4.68 Å². The lowest BCUT2D eigenvalue weighted by Gasteiger charge is -2.12. The first-order valence-corrected chi connectivity index (χ1v) is 8.97. The molecule has 0 spiro atoms. The number of tetrazole rings is 1. The highest BCUT2D eigenvalue weighted by Crippen LogP contribution is 2.29. The van der Waals surface area contributed by atoms with Crippen molar-refractivity contribution in [3.8, 4) is 11.4 Å². The molecule has 0 saturated carbocycles. The first-order valence-electron chi connectivity index (χ1n) is 7.99. The van der Waals surface area contributed by atoms with Gasteiger partial charge in [0.2, 0.25) is 5.16 Å². The Kier molecular flexibility index (Phi) is 5.03. The van der Waals surface area contributed by atoms with Crippen molar-refractivity contribution < 1.29 is 4.74 Å². The van der Waals surface area contributed by atoms with Crippen LogP contribution >= 0.6 is 11.8 Å². The summed E-state index contributed by atoms with van der Waals surface area (Å²) in [4.78, 5) is 4.54. The lowest BCUT2D eigenvalue weighted by atomic mass is 10.1. The molecule has 3 aromatic rings. The number of hydrogen-bond acceptors (Lipinski definition) is 6. The molecule has 0 bridgehead atoms. The summed E-state index contributed by atoms with van der Waals surface area (Å²) < 4.78 is 7.24. The van der Waals surface area contributed by atoms with Crippen LogP contribution in [-0.4, -0.2) is 32.3 Å². The third-order valence-electron chi connectivity index (χ3n) is 4.26. The quantitative estimate of drug-likeness (QED) is 0.652. The molecular weight excluding hydrogens is 334 g/mol. The van der Waals surface area contributed by atoms with Crippen molar-refractivity contribution in [2.45, 2.75) is 38.6 Å². The third kappa shape index (κ3) is 3.51. The second-order valence-electron chi connectivity index (χ2n) is 5.98. The van der Waals surface area contributed by atoms with Crippen molar-refractivity contribution in [1.29, 1.82) is 0 Å². The monoisotopic (exact) mass is 355 g/mol. The van der Waals surface area contributed by atoms with E-state index in [4.69, 9.17) is 4.74 Å². The van der Waals surface area contributed by atoms with Crippen molar-refractivity contribution in [3.63, 3.8) is 0 Å². The minimum atomic E-state index is 0.674. The van der Waals surface area contributed by atoms with E-state index in [2.05, 4.69) is 46.5 Å². The van der Waals surface area contributed by atoms with Gasteiger partial charge in [-0.15, -0.1) is 5.10 Å². The Morgan fingerprint density at radius 3 is 2.60 bits per heavy atom. The molecule has 0 fully saturated rings. The number of thioether (sulfide) groups is 1. The summed E-state index contributed by atoms with van der Waals surface area (Å²) in [6, 6.07) is 6.20. The number of aromatic nitrogens is 5. The van der Waals surface area contributed by atoms with E-state index in [9.17, 15) is 0 Å². The highest BCUT2D eigenvalue weighted by atomic mass is 32.2. The van der Waals surface area contributed by atoms with Gasteiger partial charge in [0.05, 0.1) is 18.5 Å².